The number of aromatic nitrogens is 1. The fourth-order valence-corrected chi connectivity index (χ4v) is 3.02. The van der Waals surface area contributed by atoms with Crippen LogP contribution in [0.25, 0.3) is 33.5 Å². The summed E-state index contributed by atoms with van der Waals surface area (Å²) in [6.45, 7) is 0. The molecular weight excluding hydrogens is 342 g/mol. The van der Waals surface area contributed by atoms with Gasteiger partial charge in [0.05, 0.1) is 13.5 Å². The third-order valence-corrected chi connectivity index (χ3v) is 4.32. The maximum absolute atomic E-state index is 11.3. The second kappa shape index (κ2) is 6.96. The van der Waals surface area contributed by atoms with Crippen LogP contribution in [0, 0.1) is 0 Å². The minimum Gasteiger partial charge on any atom is -0.497 e. The molecule has 0 saturated carbocycles. The SMILES string of the molecule is COc1ccc2cc(/C=C(/CC(=O)O)c3nc4ccccc4o3)ccc2c1. The van der Waals surface area contributed by atoms with Gasteiger partial charge in [-0.25, -0.2) is 4.98 Å². The molecule has 0 fully saturated rings. The molecule has 3 aromatic carbocycles. The van der Waals surface area contributed by atoms with E-state index in [1.54, 1.807) is 7.11 Å². The first-order chi connectivity index (χ1) is 13.1. The zero-order valence-electron chi connectivity index (χ0n) is 14.7. The minimum atomic E-state index is -0.936. The van der Waals surface area contributed by atoms with Crippen molar-refractivity contribution in [2.75, 3.05) is 7.11 Å². The van der Waals surface area contributed by atoms with Crippen LogP contribution in [0.4, 0.5) is 0 Å². The lowest BCUT2D eigenvalue weighted by Crippen LogP contribution is -1.97. The van der Waals surface area contributed by atoms with Gasteiger partial charge in [-0.3, -0.25) is 4.79 Å². The average Bonchev–Trinajstić information content (AvgIpc) is 3.11. The number of oxazole rings is 1. The number of para-hydroxylation sites is 2. The molecule has 1 heterocycles. The van der Waals surface area contributed by atoms with Gasteiger partial charge in [0.2, 0.25) is 5.89 Å². The maximum Gasteiger partial charge on any atom is 0.308 e. The number of nitrogens with zero attached hydrogens (tertiary/aromatic N) is 1. The first-order valence-corrected chi connectivity index (χ1v) is 8.48. The molecule has 4 aromatic rings. The Balaban J connectivity index is 1.78. The average molecular weight is 359 g/mol. The Morgan fingerprint density at radius 1 is 1.11 bits per heavy atom. The molecule has 0 saturated heterocycles. The lowest BCUT2D eigenvalue weighted by atomic mass is 10.0. The standard InChI is InChI=1S/C22H17NO4/c1-26-18-9-8-15-10-14(6-7-16(15)12-18)11-17(13-21(24)25)22-23-19-4-2-3-5-20(19)27-22/h2-12H,13H2,1H3,(H,24,25)/b17-11-. The fraction of sp³-hybridized carbons (Fsp3) is 0.0909. The number of methoxy groups -OCH3 is 1. The molecule has 1 N–H and O–H groups in total. The molecule has 27 heavy (non-hydrogen) atoms. The van der Waals surface area contributed by atoms with Crippen molar-refractivity contribution in [3.8, 4) is 5.75 Å². The quantitative estimate of drug-likeness (QED) is 0.542. The third-order valence-electron chi connectivity index (χ3n) is 4.32. The molecule has 134 valence electrons. The first kappa shape index (κ1) is 16.8. The number of aliphatic carboxylic acids is 1. The summed E-state index contributed by atoms with van der Waals surface area (Å²) in [6.07, 6.45) is 1.63. The van der Waals surface area contributed by atoms with Crippen LogP contribution in [0.2, 0.25) is 0 Å². The zero-order chi connectivity index (χ0) is 18.8. The number of hydrogen-bond acceptors (Lipinski definition) is 4. The highest BCUT2D eigenvalue weighted by molar-refractivity contribution is 5.93. The molecule has 4 rings (SSSR count). The monoisotopic (exact) mass is 359 g/mol. The van der Waals surface area contributed by atoms with E-state index in [0.717, 1.165) is 22.1 Å². The largest absolute Gasteiger partial charge is 0.497 e. The minimum absolute atomic E-state index is 0.173. The van der Waals surface area contributed by atoms with Gasteiger partial charge in [0.15, 0.2) is 5.58 Å². The Morgan fingerprint density at radius 2 is 1.89 bits per heavy atom. The summed E-state index contributed by atoms with van der Waals surface area (Å²) in [6, 6.07) is 19.1. The molecule has 5 nitrogen and oxygen atoms in total. The van der Waals surface area contributed by atoms with E-state index in [2.05, 4.69) is 4.98 Å². The first-order valence-electron chi connectivity index (χ1n) is 8.48. The van der Waals surface area contributed by atoms with Crippen LogP contribution in [0.5, 0.6) is 5.75 Å². The lowest BCUT2D eigenvalue weighted by Gasteiger charge is -2.05. The third kappa shape index (κ3) is 3.53. The fourth-order valence-electron chi connectivity index (χ4n) is 3.02. The van der Waals surface area contributed by atoms with Crippen molar-refractivity contribution in [3.63, 3.8) is 0 Å². The molecule has 1 aromatic heterocycles. The van der Waals surface area contributed by atoms with Gasteiger partial charge in [-0.05, 0) is 52.7 Å². The number of benzene rings is 3. The van der Waals surface area contributed by atoms with Crippen molar-refractivity contribution in [3.05, 3.63) is 72.1 Å². The Labute approximate surface area is 155 Å². The topological polar surface area (TPSA) is 72.6 Å². The highest BCUT2D eigenvalue weighted by Gasteiger charge is 2.14. The summed E-state index contributed by atoms with van der Waals surface area (Å²) < 4.78 is 11.0. The van der Waals surface area contributed by atoms with Crippen LogP contribution in [0.15, 0.2) is 65.1 Å². The van der Waals surface area contributed by atoms with E-state index in [-0.39, 0.29) is 6.42 Å². The molecule has 0 radical (unpaired) electrons. The summed E-state index contributed by atoms with van der Waals surface area (Å²) in [5.74, 6) is 0.186. The van der Waals surface area contributed by atoms with Gasteiger partial charge >= 0.3 is 5.97 Å². The number of carbonyl (C=O) groups is 1. The van der Waals surface area contributed by atoms with Gasteiger partial charge in [-0.2, -0.15) is 0 Å². The van der Waals surface area contributed by atoms with Gasteiger partial charge in [0.25, 0.3) is 0 Å². The van der Waals surface area contributed by atoms with Crippen LogP contribution >= 0.6 is 0 Å². The summed E-state index contributed by atoms with van der Waals surface area (Å²) in [4.78, 5) is 15.8. The Bertz CT molecular complexity index is 1140. The lowest BCUT2D eigenvalue weighted by molar-refractivity contribution is -0.135. The van der Waals surface area contributed by atoms with E-state index in [9.17, 15) is 9.90 Å². The van der Waals surface area contributed by atoms with Crippen molar-refractivity contribution >= 4 is 39.5 Å². The second-order valence-corrected chi connectivity index (χ2v) is 6.20. The summed E-state index contributed by atoms with van der Waals surface area (Å²) in [5, 5.41) is 11.4. The molecule has 0 amide bonds. The van der Waals surface area contributed by atoms with Crippen molar-refractivity contribution in [2.24, 2.45) is 0 Å². The van der Waals surface area contributed by atoms with Gasteiger partial charge < -0.3 is 14.3 Å². The molecule has 5 heteroatoms. The summed E-state index contributed by atoms with van der Waals surface area (Å²) >= 11 is 0. The van der Waals surface area contributed by atoms with Crippen LogP contribution in [0.1, 0.15) is 17.9 Å². The Hall–Kier alpha value is -3.60. The number of rotatable bonds is 5. The van der Waals surface area contributed by atoms with Crippen LogP contribution in [-0.4, -0.2) is 23.2 Å². The van der Waals surface area contributed by atoms with E-state index in [1.165, 1.54) is 0 Å². The Kier molecular flexibility index (Phi) is 4.34. The molecule has 0 bridgehead atoms. The van der Waals surface area contributed by atoms with Gasteiger partial charge in [0.1, 0.15) is 11.3 Å². The van der Waals surface area contributed by atoms with Crippen molar-refractivity contribution in [1.82, 2.24) is 4.98 Å². The van der Waals surface area contributed by atoms with E-state index in [0.29, 0.717) is 22.6 Å². The molecule has 0 spiro atoms. The number of ether oxygens (including phenoxy) is 1. The van der Waals surface area contributed by atoms with Crippen LogP contribution in [-0.2, 0) is 4.79 Å². The van der Waals surface area contributed by atoms with E-state index >= 15 is 0 Å². The molecule has 0 atom stereocenters. The zero-order valence-corrected chi connectivity index (χ0v) is 14.7. The van der Waals surface area contributed by atoms with Crippen molar-refractivity contribution in [1.29, 1.82) is 0 Å². The van der Waals surface area contributed by atoms with Crippen LogP contribution in [0.3, 0.4) is 0 Å². The van der Waals surface area contributed by atoms with E-state index in [4.69, 9.17) is 9.15 Å². The van der Waals surface area contributed by atoms with Crippen molar-refractivity contribution < 1.29 is 19.1 Å². The molecule has 0 unspecified atom stereocenters. The molecule has 0 aliphatic carbocycles. The number of hydrogen-bond donors (Lipinski definition) is 1. The second-order valence-electron chi connectivity index (χ2n) is 6.20. The Morgan fingerprint density at radius 3 is 2.67 bits per heavy atom. The highest BCUT2D eigenvalue weighted by Crippen LogP contribution is 2.27. The van der Waals surface area contributed by atoms with Crippen molar-refractivity contribution in [2.45, 2.75) is 6.42 Å². The number of carboxylic acids is 1. The maximum atomic E-state index is 11.3. The number of fused-ring (bicyclic) bond motifs is 2. The van der Waals surface area contributed by atoms with Crippen LogP contribution < -0.4 is 4.74 Å². The number of carboxylic acid groups (broad SMARTS) is 1. The normalized spacial score (nSPS) is 11.8. The smallest absolute Gasteiger partial charge is 0.308 e. The molecular formula is C22H17NO4. The predicted octanol–water partition coefficient (Wildman–Crippen LogP) is 5.00. The van der Waals surface area contributed by atoms with E-state index in [1.807, 2.05) is 66.7 Å². The summed E-state index contributed by atoms with van der Waals surface area (Å²) in [5.41, 5.74) is 2.74. The van der Waals surface area contributed by atoms with E-state index < -0.39 is 5.97 Å². The van der Waals surface area contributed by atoms with Gasteiger partial charge in [0, 0.05) is 5.57 Å². The summed E-state index contributed by atoms with van der Waals surface area (Å²) in [7, 11) is 1.64. The highest BCUT2D eigenvalue weighted by atomic mass is 16.5. The van der Waals surface area contributed by atoms with Gasteiger partial charge in [-0.1, -0.05) is 30.3 Å². The molecule has 0 aliphatic rings. The van der Waals surface area contributed by atoms with Gasteiger partial charge in [-0.15, -0.1) is 0 Å². The predicted molar refractivity (Wildman–Crippen MR) is 105 cm³/mol. The molecule has 0 aliphatic heterocycles.